The Bertz CT molecular complexity index is 517. The van der Waals surface area contributed by atoms with Crippen molar-refractivity contribution in [3.05, 3.63) is 47.8 Å². The molecule has 0 saturated heterocycles. The van der Waals surface area contributed by atoms with Crippen molar-refractivity contribution in [2.24, 2.45) is 5.92 Å². The van der Waals surface area contributed by atoms with Crippen molar-refractivity contribution >= 4 is 5.78 Å². The summed E-state index contributed by atoms with van der Waals surface area (Å²) in [6.45, 7) is 0.619. The van der Waals surface area contributed by atoms with Crippen molar-refractivity contribution in [1.82, 2.24) is 15.0 Å². The fourth-order valence-electron chi connectivity index (χ4n) is 2.22. The number of hydrogen-bond donors (Lipinski definition) is 0. The fraction of sp³-hybridized carbons (Fsp3) is 0.250. The molecule has 1 unspecified atom stereocenters. The average molecular weight is 213 g/mol. The van der Waals surface area contributed by atoms with Gasteiger partial charge in [0, 0.05) is 17.7 Å². The minimum absolute atomic E-state index is 0.0131. The molecular weight excluding hydrogens is 202 g/mol. The molecule has 1 aliphatic rings. The third kappa shape index (κ3) is 1.43. The molecule has 4 heteroatoms. The van der Waals surface area contributed by atoms with Gasteiger partial charge in [-0.25, -0.2) is 0 Å². The van der Waals surface area contributed by atoms with E-state index in [0.717, 1.165) is 17.5 Å². The van der Waals surface area contributed by atoms with Gasteiger partial charge in [0.15, 0.2) is 5.78 Å². The van der Waals surface area contributed by atoms with Gasteiger partial charge in [0.1, 0.15) is 0 Å². The first kappa shape index (κ1) is 9.27. The average Bonchev–Trinajstić information content (AvgIpc) is 2.90. The third-order valence-electron chi connectivity index (χ3n) is 3.00. The van der Waals surface area contributed by atoms with Crippen LogP contribution in [0.5, 0.6) is 0 Å². The van der Waals surface area contributed by atoms with Crippen LogP contribution in [0.1, 0.15) is 15.9 Å². The number of fused-ring (bicyclic) bond motifs is 1. The maximum absolute atomic E-state index is 12.1. The van der Waals surface area contributed by atoms with Crippen LogP contribution in [0.2, 0.25) is 0 Å². The molecule has 0 fully saturated rings. The highest BCUT2D eigenvalue weighted by Gasteiger charge is 2.30. The van der Waals surface area contributed by atoms with E-state index in [4.69, 9.17) is 0 Å². The van der Waals surface area contributed by atoms with E-state index < -0.39 is 0 Å². The summed E-state index contributed by atoms with van der Waals surface area (Å²) in [6, 6.07) is 7.81. The molecule has 0 saturated carbocycles. The highest BCUT2D eigenvalue weighted by atomic mass is 16.1. The Balaban J connectivity index is 1.85. The molecule has 1 heterocycles. The van der Waals surface area contributed by atoms with Crippen molar-refractivity contribution in [3.8, 4) is 0 Å². The monoisotopic (exact) mass is 213 g/mol. The molecule has 0 radical (unpaired) electrons. The van der Waals surface area contributed by atoms with Crippen LogP contribution in [0.4, 0.5) is 0 Å². The highest BCUT2D eigenvalue weighted by molar-refractivity contribution is 6.02. The summed E-state index contributed by atoms with van der Waals surface area (Å²) in [5.41, 5.74) is 2.02. The Morgan fingerprint density at radius 1 is 1.38 bits per heavy atom. The predicted molar refractivity (Wildman–Crippen MR) is 58.0 cm³/mol. The lowest BCUT2D eigenvalue weighted by Gasteiger charge is -2.06. The van der Waals surface area contributed by atoms with Crippen molar-refractivity contribution < 1.29 is 4.79 Å². The van der Waals surface area contributed by atoms with Crippen LogP contribution >= 0.6 is 0 Å². The zero-order chi connectivity index (χ0) is 11.0. The summed E-state index contributed by atoms with van der Waals surface area (Å²) in [7, 11) is 0. The first-order chi connectivity index (χ1) is 7.84. The standard InChI is InChI=1S/C12H11N3O/c16-12-10(8-15-6-5-13-14-15)7-9-3-1-2-4-11(9)12/h1-6,10H,7-8H2. The smallest absolute Gasteiger partial charge is 0.168 e. The summed E-state index contributed by atoms with van der Waals surface area (Å²) >= 11 is 0. The number of rotatable bonds is 2. The number of aromatic nitrogens is 3. The topological polar surface area (TPSA) is 47.8 Å². The Kier molecular flexibility index (Phi) is 2.06. The first-order valence-electron chi connectivity index (χ1n) is 5.31. The molecule has 0 spiro atoms. The quantitative estimate of drug-likeness (QED) is 0.756. The van der Waals surface area contributed by atoms with E-state index >= 15 is 0 Å². The van der Waals surface area contributed by atoms with Gasteiger partial charge in [0.2, 0.25) is 0 Å². The first-order valence-corrected chi connectivity index (χ1v) is 5.31. The van der Waals surface area contributed by atoms with E-state index in [9.17, 15) is 4.79 Å². The largest absolute Gasteiger partial charge is 0.294 e. The van der Waals surface area contributed by atoms with Crippen molar-refractivity contribution in [3.63, 3.8) is 0 Å². The minimum Gasteiger partial charge on any atom is -0.294 e. The van der Waals surface area contributed by atoms with E-state index in [0.29, 0.717) is 6.54 Å². The molecule has 1 aromatic carbocycles. The van der Waals surface area contributed by atoms with Gasteiger partial charge >= 0.3 is 0 Å². The summed E-state index contributed by atoms with van der Waals surface area (Å²) in [6.07, 6.45) is 4.23. The lowest BCUT2D eigenvalue weighted by Crippen LogP contribution is -2.17. The van der Waals surface area contributed by atoms with Crippen molar-refractivity contribution in [2.45, 2.75) is 13.0 Å². The lowest BCUT2D eigenvalue weighted by atomic mass is 10.1. The highest BCUT2D eigenvalue weighted by Crippen LogP contribution is 2.27. The molecule has 3 rings (SSSR count). The summed E-state index contributed by atoms with van der Waals surface area (Å²) in [4.78, 5) is 12.1. The van der Waals surface area contributed by atoms with E-state index in [1.54, 1.807) is 17.1 Å². The predicted octanol–water partition coefficient (Wildman–Crippen LogP) is 1.33. The van der Waals surface area contributed by atoms with Crippen LogP contribution in [0.25, 0.3) is 0 Å². The van der Waals surface area contributed by atoms with E-state index in [1.165, 1.54) is 0 Å². The number of benzene rings is 1. The number of carbonyl (C=O) groups is 1. The van der Waals surface area contributed by atoms with E-state index in [1.807, 2.05) is 24.3 Å². The number of Topliss-reactive ketones (excluding diaryl/α,β-unsaturated/α-hetero) is 1. The van der Waals surface area contributed by atoms with Crippen LogP contribution in [-0.4, -0.2) is 20.8 Å². The molecule has 2 aromatic rings. The molecule has 80 valence electrons. The van der Waals surface area contributed by atoms with Gasteiger partial charge in [-0.1, -0.05) is 29.5 Å². The van der Waals surface area contributed by atoms with Crippen LogP contribution in [0, 0.1) is 5.92 Å². The summed E-state index contributed by atoms with van der Waals surface area (Å²) in [5, 5.41) is 7.63. The van der Waals surface area contributed by atoms with Gasteiger partial charge in [0.05, 0.1) is 12.7 Å². The maximum Gasteiger partial charge on any atom is 0.168 e. The van der Waals surface area contributed by atoms with E-state index in [-0.39, 0.29) is 11.7 Å². The molecule has 1 atom stereocenters. The molecule has 0 N–H and O–H groups in total. The van der Waals surface area contributed by atoms with Gasteiger partial charge < -0.3 is 0 Å². The Labute approximate surface area is 92.9 Å². The van der Waals surface area contributed by atoms with Crippen LogP contribution in [0.3, 0.4) is 0 Å². The summed E-state index contributed by atoms with van der Waals surface area (Å²) < 4.78 is 1.72. The second-order valence-corrected chi connectivity index (χ2v) is 4.05. The minimum atomic E-state index is 0.0131. The van der Waals surface area contributed by atoms with E-state index in [2.05, 4.69) is 10.3 Å². The van der Waals surface area contributed by atoms with Gasteiger partial charge in [-0.3, -0.25) is 9.48 Å². The van der Waals surface area contributed by atoms with Crippen LogP contribution in [0.15, 0.2) is 36.7 Å². The lowest BCUT2D eigenvalue weighted by molar-refractivity contribution is 0.0922. The van der Waals surface area contributed by atoms with Crippen molar-refractivity contribution in [2.75, 3.05) is 0 Å². The fourth-order valence-corrected chi connectivity index (χ4v) is 2.22. The zero-order valence-electron chi connectivity index (χ0n) is 8.71. The molecule has 16 heavy (non-hydrogen) atoms. The Morgan fingerprint density at radius 2 is 2.25 bits per heavy atom. The summed E-state index contributed by atoms with van der Waals surface area (Å²) in [5.74, 6) is 0.241. The van der Waals surface area contributed by atoms with Crippen molar-refractivity contribution in [1.29, 1.82) is 0 Å². The molecule has 4 nitrogen and oxygen atoms in total. The normalized spacial score (nSPS) is 18.8. The Hall–Kier alpha value is -1.97. The van der Waals surface area contributed by atoms with Crippen LogP contribution in [-0.2, 0) is 13.0 Å². The SMILES string of the molecule is O=C1c2ccccc2CC1Cn1ccnn1. The molecule has 1 aliphatic carbocycles. The Morgan fingerprint density at radius 3 is 3.00 bits per heavy atom. The molecule has 0 amide bonds. The second-order valence-electron chi connectivity index (χ2n) is 4.05. The molecule has 0 aliphatic heterocycles. The molecule has 0 bridgehead atoms. The third-order valence-corrected chi connectivity index (χ3v) is 3.00. The number of ketones is 1. The molecule has 1 aromatic heterocycles. The maximum atomic E-state index is 12.1. The van der Waals surface area contributed by atoms with Gasteiger partial charge in [0.25, 0.3) is 0 Å². The van der Waals surface area contributed by atoms with Gasteiger partial charge in [-0.05, 0) is 12.0 Å². The zero-order valence-corrected chi connectivity index (χ0v) is 8.71. The number of hydrogen-bond acceptors (Lipinski definition) is 3. The molecular formula is C12H11N3O. The van der Waals surface area contributed by atoms with Gasteiger partial charge in [-0.2, -0.15) is 0 Å². The number of carbonyl (C=O) groups excluding carboxylic acids is 1. The second kappa shape index (κ2) is 3.56. The number of nitrogens with zero attached hydrogens (tertiary/aromatic N) is 3. The van der Waals surface area contributed by atoms with Crippen LogP contribution < -0.4 is 0 Å². The van der Waals surface area contributed by atoms with Gasteiger partial charge in [-0.15, -0.1) is 5.10 Å².